The van der Waals surface area contributed by atoms with Gasteiger partial charge >= 0.3 is 0 Å². The predicted octanol–water partition coefficient (Wildman–Crippen LogP) is 2.96. The summed E-state index contributed by atoms with van der Waals surface area (Å²) in [5.74, 6) is 2.08. The van der Waals surface area contributed by atoms with Crippen molar-refractivity contribution in [2.75, 3.05) is 13.7 Å². The first-order chi connectivity index (χ1) is 8.93. The van der Waals surface area contributed by atoms with E-state index in [1.165, 1.54) is 5.56 Å². The summed E-state index contributed by atoms with van der Waals surface area (Å²) in [6.45, 7) is 10.3. The van der Waals surface area contributed by atoms with Crippen molar-refractivity contribution in [1.29, 1.82) is 0 Å². The summed E-state index contributed by atoms with van der Waals surface area (Å²) in [7, 11) is 1.68. The predicted molar refractivity (Wildman–Crippen MR) is 81.8 cm³/mol. The van der Waals surface area contributed by atoms with Gasteiger partial charge in [-0.2, -0.15) is 0 Å². The highest BCUT2D eigenvalue weighted by Gasteiger charge is 2.13. The first-order valence-corrected chi connectivity index (χ1v) is 7.55. The Labute approximate surface area is 124 Å². The molecule has 1 rings (SSSR count). The Morgan fingerprint density at radius 1 is 1.21 bits per heavy atom. The largest absolute Gasteiger partial charge is 0.493 e. The van der Waals surface area contributed by atoms with Crippen LogP contribution in [0.1, 0.15) is 33.3 Å². The van der Waals surface area contributed by atoms with E-state index >= 15 is 0 Å². The van der Waals surface area contributed by atoms with Crippen molar-refractivity contribution in [3.63, 3.8) is 0 Å². The lowest BCUT2D eigenvalue weighted by atomic mass is 10.2. The van der Waals surface area contributed by atoms with Gasteiger partial charge in [0.15, 0.2) is 11.5 Å². The fourth-order valence-electron chi connectivity index (χ4n) is 1.65. The Hall–Kier alpha value is -0.740. The highest BCUT2D eigenvalue weighted by atomic mass is 79.9. The molecule has 0 saturated heterocycles. The van der Waals surface area contributed by atoms with E-state index in [4.69, 9.17) is 9.47 Å². The molecule has 0 atom stereocenters. The molecule has 0 heterocycles. The number of ether oxygens (including phenoxy) is 2. The van der Waals surface area contributed by atoms with Crippen LogP contribution >= 0.6 is 15.9 Å². The molecule has 0 saturated carbocycles. The molecule has 0 spiro atoms. The number of hydrogen-bond donors (Lipinski definition) is 1. The van der Waals surface area contributed by atoms with Crippen molar-refractivity contribution in [2.24, 2.45) is 5.92 Å². The zero-order valence-corrected chi connectivity index (χ0v) is 14.1. The first-order valence-electron chi connectivity index (χ1n) is 6.76. The maximum Gasteiger partial charge on any atom is 0.175 e. The molecule has 0 aliphatic carbocycles. The molecule has 0 fully saturated rings. The van der Waals surface area contributed by atoms with Crippen LogP contribution in [0.4, 0.5) is 0 Å². The van der Waals surface area contributed by atoms with E-state index in [2.05, 4.69) is 61.1 Å². The number of nitrogens with two attached hydrogens (primary N) is 1. The molecule has 3 nitrogen and oxygen atoms in total. The second kappa shape index (κ2) is 7.75. The minimum atomic E-state index is 0.491. The first kappa shape index (κ1) is 16.3. The second-order valence-corrected chi connectivity index (χ2v) is 6.35. The van der Waals surface area contributed by atoms with E-state index in [0.717, 1.165) is 22.5 Å². The Balaban J connectivity index is 2.87. The van der Waals surface area contributed by atoms with E-state index in [-0.39, 0.29) is 0 Å². The van der Waals surface area contributed by atoms with E-state index < -0.39 is 0 Å². The number of benzene rings is 1. The van der Waals surface area contributed by atoms with Gasteiger partial charge in [0.1, 0.15) is 6.54 Å². The maximum absolute atomic E-state index is 5.82. The summed E-state index contributed by atoms with van der Waals surface area (Å²) in [4.78, 5) is 0. The fourth-order valence-corrected chi connectivity index (χ4v) is 2.26. The van der Waals surface area contributed by atoms with Crippen LogP contribution in [0.2, 0.25) is 0 Å². The fraction of sp³-hybridized carbons (Fsp3) is 0.600. The molecule has 1 aromatic carbocycles. The van der Waals surface area contributed by atoms with Crippen LogP contribution in [0.15, 0.2) is 16.6 Å². The lowest BCUT2D eigenvalue weighted by molar-refractivity contribution is -0.698. The summed E-state index contributed by atoms with van der Waals surface area (Å²) in [6, 6.07) is 4.75. The highest BCUT2D eigenvalue weighted by molar-refractivity contribution is 9.10. The van der Waals surface area contributed by atoms with Crippen LogP contribution in [-0.4, -0.2) is 19.8 Å². The van der Waals surface area contributed by atoms with Gasteiger partial charge in [-0.15, -0.1) is 0 Å². The smallest absolute Gasteiger partial charge is 0.175 e. The molecule has 0 aromatic heterocycles. The molecule has 2 N–H and O–H groups in total. The van der Waals surface area contributed by atoms with Crippen molar-refractivity contribution in [1.82, 2.24) is 0 Å². The van der Waals surface area contributed by atoms with Crippen molar-refractivity contribution in [2.45, 2.75) is 40.3 Å². The molecule has 4 heteroatoms. The normalized spacial score (nSPS) is 11.2. The molecule has 0 radical (unpaired) electrons. The van der Waals surface area contributed by atoms with E-state index in [9.17, 15) is 0 Å². The average molecular weight is 331 g/mol. The topological polar surface area (TPSA) is 35.1 Å². The molecule has 0 unspecified atom stereocenters. The highest BCUT2D eigenvalue weighted by Crippen LogP contribution is 2.36. The van der Waals surface area contributed by atoms with Crippen LogP contribution < -0.4 is 14.8 Å². The van der Waals surface area contributed by atoms with Gasteiger partial charge in [-0.25, -0.2) is 0 Å². The molecule has 0 aliphatic heterocycles. The Morgan fingerprint density at radius 2 is 1.89 bits per heavy atom. The molecule has 0 amide bonds. The van der Waals surface area contributed by atoms with E-state index in [1.807, 2.05) is 0 Å². The SMILES string of the molecule is COc1cc(C[NH2+]C(C)C)cc(Br)c1OCC(C)C. The molecule has 1 aromatic rings. The summed E-state index contributed by atoms with van der Waals surface area (Å²) in [5, 5.41) is 2.29. The molecular formula is C15H25BrNO2+. The lowest BCUT2D eigenvalue weighted by Gasteiger charge is -2.15. The molecule has 0 aliphatic rings. The number of quaternary nitrogens is 1. The van der Waals surface area contributed by atoms with Crippen LogP contribution in [0.25, 0.3) is 0 Å². The minimum absolute atomic E-state index is 0.491. The third kappa shape index (κ3) is 5.41. The van der Waals surface area contributed by atoms with Gasteiger partial charge in [0.05, 0.1) is 24.2 Å². The third-order valence-electron chi connectivity index (χ3n) is 2.68. The Kier molecular flexibility index (Phi) is 6.66. The van der Waals surface area contributed by atoms with Gasteiger partial charge in [-0.3, -0.25) is 0 Å². The number of hydrogen-bond acceptors (Lipinski definition) is 2. The average Bonchev–Trinajstić information content (AvgIpc) is 2.34. The van der Waals surface area contributed by atoms with Gasteiger partial charge in [0.25, 0.3) is 0 Å². The van der Waals surface area contributed by atoms with E-state index in [1.54, 1.807) is 7.11 Å². The third-order valence-corrected chi connectivity index (χ3v) is 3.26. The molecular weight excluding hydrogens is 306 g/mol. The van der Waals surface area contributed by atoms with Gasteiger partial charge in [0, 0.05) is 5.56 Å². The monoisotopic (exact) mass is 330 g/mol. The van der Waals surface area contributed by atoms with Crippen molar-refractivity contribution < 1.29 is 14.8 Å². The quantitative estimate of drug-likeness (QED) is 0.834. The standard InChI is InChI=1S/C15H24BrNO2/c1-10(2)9-19-15-13(16)6-12(7-14(15)18-5)8-17-11(3)4/h6-7,10-11,17H,8-9H2,1-5H3/p+1. The van der Waals surface area contributed by atoms with Crippen LogP contribution in [-0.2, 0) is 6.54 Å². The molecule has 19 heavy (non-hydrogen) atoms. The van der Waals surface area contributed by atoms with Crippen LogP contribution in [0, 0.1) is 5.92 Å². The van der Waals surface area contributed by atoms with Crippen LogP contribution in [0.3, 0.4) is 0 Å². The van der Waals surface area contributed by atoms with Gasteiger partial charge in [0.2, 0.25) is 0 Å². The number of methoxy groups -OCH3 is 1. The second-order valence-electron chi connectivity index (χ2n) is 5.50. The van der Waals surface area contributed by atoms with Crippen molar-refractivity contribution in [3.05, 3.63) is 22.2 Å². The zero-order valence-electron chi connectivity index (χ0n) is 12.5. The maximum atomic E-state index is 5.82. The summed E-state index contributed by atoms with van der Waals surface area (Å²) < 4.78 is 12.2. The Bertz CT molecular complexity index is 405. The van der Waals surface area contributed by atoms with Crippen molar-refractivity contribution >= 4 is 15.9 Å². The lowest BCUT2D eigenvalue weighted by Crippen LogP contribution is -2.86. The minimum Gasteiger partial charge on any atom is -0.493 e. The zero-order chi connectivity index (χ0) is 14.4. The number of halogens is 1. The molecule has 0 bridgehead atoms. The summed E-state index contributed by atoms with van der Waals surface area (Å²) in [6.07, 6.45) is 0. The van der Waals surface area contributed by atoms with E-state index in [0.29, 0.717) is 18.6 Å². The van der Waals surface area contributed by atoms with Gasteiger partial charge in [-0.05, 0) is 47.8 Å². The summed E-state index contributed by atoms with van der Waals surface area (Å²) in [5.41, 5.74) is 1.23. The number of rotatable bonds is 7. The van der Waals surface area contributed by atoms with Gasteiger partial charge < -0.3 is 14.8 Å². The van der Waals surface area contributed by atoms with Crippen molar-refractivity contribution in [3.8, 4) is 11.5 Å². The van der Waals surface area contributed by atoms with Crippen LogP contribution in [0.5, 0.6) is 11.5 Å². The molecule has 108 valence electrons. The Morgan fingerprint density at radius 3 is 2.42 bits per heavy atom. The van der Waals surface area contributed by atoms with Gasteiger partial charge in [-0.1, -0.05) is 13.8 Å². The summed E-state index contributed by atoms with van der Waals surface area (Å²) >= 11 is 3.58.